The van der Waals surface area contributed by atoms with Crippen LogP contribution in [0.1, 0.15) is 82.8 Å². The third kappa shape index (κ3) is 6.52. The highest BCUT2D eigenvalue weighted by atomic mass is 32.2. The highest BCUT2D eigenvalue weighted by Crippen LogP contribution is 2.39. The molecule has 0 unspecified atom stereocenters. The molecule has 1 fully saturated rings. The summed E-state index contributed by atoms with van der Waals surface area (Å²) in [5.41, 5.74) is 5.67. The van der Waals surface area contributed by atoms with Crippen molar-refractivity contribution in [2.75, 3.05) is 6.54 Å². The maximum Gasteiger partial charge on any atom is 0.253 e. The fourth-order valence-corrected chi connectivity index (χ4v) is 6.51. The SMILES string of the molecule is Cc1c(C(=O)NCC(C)(C)O)cc(-c2ccc(SNC(C)(C)C)c3scnc23)n1CC1CCCCC1. The first-order valence-electron chi connectivity index (χ1n) is 12.9. The van der Waals surface area contributed by atoms with Crippen molar-refractivity contribution >= 4 is 39.4 Å². The minimum absolute atomic E-state index is 0.00243. The number of aromatic nitrogens is 2. The molecule has 36 heavy (non-hydrogen) atoms. The molecule has 0 atom stereocenters. The Balaban J connectivity index is 1.75. The van der Waals surface area contributed by atoms with Gasteiger partial charge in [0.25, 0.3) is 5.91 Å². The van der Waals surface area contributed by atoms with Gasteiger partial charge >= 0.3 is 0 Å². The maximum absolute atomic E-state index is 13.2. The average Bonchev–Trinajstić information content (AvgIpc) is 3.42. The van der Waals surface area contributed by atoms with Crippen LogP contribution in [0.5, 0.6) is 0 Å². The molecule has 3 N–H and O–H groups in total. The van der Waals surface area contributed by atoms with Crippen molar-refractivity contribution in [1.82, 2.24) is 19.6 Å². The van der Waals surface area contributed by atoms with Crippen molar-refractivity contribution < 1.29 is 9.90 Å². The van der Waals surface area contributed by atoms with Crippen LogP contribution in [0.25, 0.3) is 21.5 Å². The number of rotatable bonds is 8. The number of hydrogen-bond donors (Lipinski definition) is 3. The van der Waals surface area contributed by atoms with Gasteiger partial charge in [0.1, 0.15) is 0 Å². The van der Waals surface area contributed by atoms with Gasteiger partial charge in [0.05, 0.1) is 32.6 Å². The molecule has 3 aromatic rings. The Hall–Kier alpha value is -1.87. The number of thiazole rings is 1. The van der Waals surface area contributed by atoms with Crippen LogP contribution >= 0.6 is 23.3 Å². The van der Waals surface area contributed by atoms with Gasteiger partial charge in [0.2, 0.25) is 0 Å². The van der Waals surface area contributed by atoms with E-state index in [2.05, 4.69) is 47.5 Å². The summed E-state index contributed by atoms with van der Waals surface area (Å²) in [6, 6.07) is 6.34. The van der Waals surface area contributed by atoms with Crippen molar-refractivity contribution in [2.45, 2.75) is 96.2 Å². The Kier molecular flexibility index (Phi) is 8.19. The van der Waals surface area contributed by atoms with Gasteiger partial charge in [-0.2, -0.15) is 0 Å². The van der Waals surface area contributed by atoms with Gasteiger partial charge in [-0.05, 0) is 90.4 Å². The molecule has 0 aliphatic heterocycles. The van der Waals surface area contributed by atoms with E-state index in [0.717, 1.165) is 38.6 Å². The molecule has 0 radical (unpaired) electrons. The molecule has 2 heterocycles. The Morgan fingerprint density at radius 3 is 2.58 bits per heavy atom. The number of nitrogens with zero attached hydrogens (tertiary/aromatic N) is 2. The van der Waals surface area contributed by atoms with Crippen molar-refractivity contribution in [1.29, 1.82) is 0 Å². The first-order valence-corrected chi connectivity index (χ1v) is 14.6. The molecular weight excluding hydrogens is 488 g/mol. The van der Waals surface area contributed by atoms with Gasteiger partial charge in [-0.15, -0.1) is 11.3 Å². The number of carbonyl (C=O) groups excluding carboxylic acids is 1. The van der Waals surface area contributed by atoms with Crippen LogP contribution in [0, 0.1) is 12.8 Å². The summed E-state index contributed by atoms with van der Waals surface area (Å²) in [6.07, 6.45) is 6.35. The standard InChI is InChI=1S/C28H40N4O2S2/c1-18-21(26(33)29-16-28(5,6)34)14-22(32(18)15-19-10-8-7-9-11-19)20-12-13-23(36-31-27(2,3)4)25-24(20)30-17-35-25/h12-14,17,19,31,34H,7-11,15-16H2,1-6H3,(H,29,33). The second kappa shape index (κ2) is 10.9. The average molecular weight is 529 g/mol. The Morgan fingerprint density at radius 2 is 1.92 bits per heavy atom. The van der Waals surface area contributed by atoms with Crippen LogP contribution in [0.15, 0.2) is 28.6 Å². The second-order valence-electron chi connectivity index (χ2n) is 11.7. The molecule has 2 aromatic heterocycles. The van der Waals surface area contributed by atoms with Crippen LogP contribution in [0.2, 0.25) is 0 Å². The predicted octanol–water partition coefficient (Wildman–Crippen LogP) is 6.55. The van der Waals surface area contributed by atoms with Crippen molar-refractivity contribution in [3.05, 3.63) is 35.0 Å². The number of aliphatic hydroxyl groups is 1. The minimum atomic E-state index is -0.960. The molecule has 8 heteroatoms. The Bertz CT molecular complexity index is 1210. The van der Waals surface area contributed by atoms with Crippen molar-refractivity contribution in [2.24, 2.45) is 5.92 Å². The summed E-state index contributed by atoms with van der Waals surface area (Å²) < 4.78 is 7.01. The van der Waals surface area contributed by atoms with Crippen molar-refractivity contribution in [3.8, 4) is 11.3 Å². The normalized spacial score (nSPS) is 15.5. The molecule has 6 nitrogen and oxygen atoms in total. The molecule has 4 rings (SSSR count). The van der Waals surface area contributed by atoms with E-state index in [4.69, 9.17) is 4.98 Å². The monoisotopic (exact) mass is 528 g/mol. The summed E-state index contributed by atoms with van der Waals surface area (Å²) >= 11 is 3.30. The van der Waals surface area contributed by atoms with Crippen LogP contribution < -0.4 is 10.0 Å². The fraction of sp³-hybridized carbons (Fsp3) is 0.571. The summed E-state index contributed by atoms with van der Waals surface area (Å²) in [4.78, 5) is 19.1. The summed E-state index contributed by atoms with van der Waals surface area (Å²) in [6.45, 7) is 13.0. The maximum atomic E-state index is 13.2. The molecular formula is C28H40N4O2S2. The van der Waals surface area contributed by atoms with E-state index in [1.54, 1.807) is 37.1 Å². The molecule has 0 spiro atoms. The number of fused-ring (bicyclic) bond motifs is 1. The van der Waals surface area contributed by atoms with Gasteiger partial charge in [0, 0.05) is 34.8 Å². The molecule has 0 saturated heterocycles. The number of hydrogen-bond acceptors (Lipinski definition) is 6. The van der Waals surface area contributed by atoms with E-state index >= 15 is 0 Å². The van der Waals surface area contributed by atoms with Gasteiger partial charge < -0.3 is 15.0 Å². The van der Waals surface area contributed by atoms with E-state index in [0.29, 0.717) is 11.5 Å². The van der Waals surface area contributed by atoms with E-state index in [-0.39, 0.29) is 18.0 Å². The van der Waals surface area contributed by atoms with E-state index < -0.39 is 5.60 Å². The predicted molar refractivity (Wildman–Crippen MR) is 152 cm³/mol. The molecule has 1 aromatic carbocycles. The van der Waals surface area contributed by atoms with Crippen LogP contribution in [-0.2, 0) is 6.54 Å². The molecule has 1 saturated carbocycles. The molecule has 1 amide bonds. The van der Waals surface area contributed by atoms with E-state index in [1.165, 1.54) is 32.1 Å². The zero-order chi connectivity index (χ0) is 26.1. The van der Waals surface area contributed by atoms with Crippen molar-refractivity contribution in [3.63, 3.8) is 0 Å². The molecule has 1 aliphatic carbocycles. The molecule has 0 bridgehead atoms. The largest absolute Gasteiger partial charge is 0.389 e. The number of carbonyl (C=O) groups is 1. The number of nitrogens with one attached hydrogen (secondary N) is 2. The highest BCUT2D eigenvalue weighted by Gasteiger charge is 2.25. The lowest BCUT2D eigenvalue weighted by Gasteiger charge is -2.24. The zero-order valence-electron chi connectivity index (χ0n) is 22.4. The van der Waals surface area contributed by atoms with Gasteiger partial charge in [0.15, 0.2) is 0 Å². The molecule has 1 aliphatic rings. The number of benzene rings is 1. The lowest BCUT2D eigenvalue weighted by atomic mass is 9.89. The fourth-order valence-electron chi connectivity index (χ4n) is 4.77. The summed E-state index contributed by atoms with van der Waals surface area (Å²) in [5.74, 6) is 0.474. The third-order valence-corrected chi connectivity index (χ3v) is 8.91. The molecule has 196 valence electrons. The zero-order valence-corrected chi connectivity index (χ0v) is 24.0. The smallest absolute Gasteiger partial charge is 0.253 e. The first kappa shape index (κ1) is 27.2. The topological polar surface area (TPSA) is 79.2 Å². The quantitative estimate of drug-likeness (QED) is 0.289. The Morgan fingerprint density at radius 1 is 1.19 bits per heavy atom. The van der Waals surface area contributed by atoms with E-state index in [9.17, 15) is 9.90 Å². The second-order valence-corrected chi connectivity index (χ2v) is 13.4. The highest BCUT2D eigenvalue weighted by molar-refractivity contribution is 7.97. The lowest BCUT2D eigenvalue weighted by Crippen LogP contribution is -2.38. The van der Waals surface area contributed by atoms with Gasteiger partial charge in [-0.1, -0.05) is 19.3 Å². The van der Waals surface area contributed by atoms with Gasteiger partial charge in [-0.25, -0.2) is 4.98 Å². The van der Waals surface area contributed by atoms with Crippen LogP contribution in [-0.4, -0.2) is 38.2 Å². The number of amides is 1. The first-order chi connectivity index (χ1) is 16.9. The van der Waals surface area contributed by atoms with Gasteiger partial charge in [-0.3, -0.25) is 9.52 Å². The third-order valence-electron chi connectivity index (χ3n) is 6.65. The summed E-state index contributed by atoms with van der Waals surface area (Å²) in [7, 11) is 0. The lowest BCUT2D eigenvalue weighted by molar-refractivity contribution is 0.0694. The van der Waals surface area contributed by atoms with E-state index in [1.807, 2.05) is 18.5 Å². The summed E-state index contributed by atoms with van der Waals surface area (Å²) in [5, 5.41) is 13.0. The van der Waals surface area contributed by atoms with Crippen LogP contribution in [0.3, 0.4) is 0 Å². The Labute approximate surface area is 223 Å². The minimum Gasteiger partial charge on any atom is -0.389 e. The van der Waals surface area contributed by atoms with Crippen LogP contribution in [0.4, 0.5) is 0 Å².